The van der Waals surface area contributed by atoms with Crippen LogP contribution in [0.3, 0.4) is 0 Å². The van der Waals surface area contributed by atoms with Crippen LogP contribution in [0.1, 0.15) is 18.1 Å². The van der Waals surface area contributed by atoms with E-state index in [0.29, 0.717) is 0 Å². The Balaban J connectivity index is 2.63. The van der Waals surface area contributed by atoms with E-state index in [-0.39, 0.29) is 6.10 Å². The molecule has 15 heavy (non-hydrogen) atoms. The molecule has 0 fully saturated rings. The summed E-state index contributed by atoms with van der Waals surface area (Å²) in [5.74, 6) is 0. The number of aliphatic hydroxyl groups is 1. The van der Waals surface area contributed by atoms with Gasteiger partial charge < -0.3 is 5.11 Å². The predicted octanol–water partition coefficient (Wildman–Crippen LogP) is 3.07. The van der Waals surface area contributed by atoms with Crippen LogP contribution < -0.4 is 0 Å². The van der Waals surface area contributed by atoms with Gasteiger partial charge in [0.25, 0.3) is 0 Å². The minimum absolute atomic E-state index is 0.283. The van der Waals surface area contributed by atoms with E-state index in [1.165, 1.54) is 21.9 Å². The van der Waals surface area contributed by atoms with Crippen molar-refractivity contribution in [2.24, 2.45) is 0 Å². The molecule has 2 aromatic rings. The summed E-state index contributed by atoms with van der Waals surface area (Å²) in [6.45, 7) is 3.94. The average Bonchev–Trinajstić information content (AvgIpc) is 2.22. The molecule has 78 valence electrons. The van der Waals surface area contributed by atoms with Gasteiger partial charge in [-0.15, -0.1) is 0 Å². The molecule has 0 radical (unpaired) electrons. The van der Waals surface area contributed by atoms with Crippen molar-refractivity contribution in [3.05, 3.63) is 47.5 Å². The number of fused-ring (bicyclic) bond motifs is 1. The quantitative estimate of drug-likeness (QED) is 0.790. The van der Waals surface area contributed by atoms with Crippen LogP contribution >= 0.6 is 0 Å². The first-order valence-corrected chi connectivity index (χ1v) is 5.34. The van der Waals surface area contributed by atoms with Crippen molar-refractivity contribution in [1.29, 1.82) is 0 Å². The molecule has 0 spiro atoms. The molecule has 0 aliphatic carbocycles. The third kappa shape index (κ3) is 2.02. The standard InChI is InChI=1S/C14H16O/c1-10-7-8-12-5-3-4-6-13(12)14(10)9-11(2)15/h3-8,11,15H,9H2,1-2H3. The second-order valence-electron chi connectivity index (χ2n) is 4.14. The van der Waals surface area contributed by atoms with Crippen LogP contribution in [0.15, 0.2) is 36.4 Å². The minimum atomic E-state index is -0.283. The highest BCUT2D eigenvalue weighted by Gasteiger charge is 2.06. The van der Waals surface area contributed by atoms with Crippen LogP contribution in [-0.4, -0.2) is 11.2 Å². The number of hydrogen-bond acceptors (Lipinski definition) is 1. The fourth-order valence-corrected chi connectivity index (χ4v) is 2.01. The van der Waals surface area contributed by atoms with E-state index in [4.69, 9.17) is 0 Å². The highest BCUT2D eigenvalue weighted by atomic mass is 16.3. The van der Waals surface area contributed by atoms with Crippen molar-refractivity contribution in [3.63, 3.8) is 0 Å². The summed E-state index contributed by atoms with van der Waals surface area (Å²) >= 11 is 0. The number of benzene rings is 2. The van der Waals surface area contributed by atoms with Crippen molar-refractivity contribution in [3.8, 4) is 0 Å². The highest BCUT2D eigenvalue weighted by Crippen LogP contribution is 2.23. The van der Waals surface area contributed by atoms with Gasteiger partial charge in [0.15, 0.2) is 0 Å². The Morgan fingerprint density at radius 3 is 2.60 bits per heavy atom. The van der Waals surface area contributed by atoms with Crippen LogP contribution in [0, 0.1) is 6.92 Å². The largest absolute Gasteiger partial charge is 0.393 e. The molecule has 0 saturated heterocycles. The topological polar surface area (TPSA) is 20.2 Å². The molecule has 0 saturated carbocycles. The Morgan fingerprint density at radius 2 is 1.87 bits per heavy atom. The van der Waals surface area contributed by atoms with Gasteiger partial charge >= 0.3 is 0 Å². The van der Waals surface area contributed by atoms with Crippen molar-refractivity contribution in [1.82, 2.24) is 0 Å². The molecular weight excluding hydrogens is 184 g/mol. The molecule has 1 nitrogen and oxygen atoms in total. The van der Waals surface area contributed by atoms with E-state index in [1.54, 1.807) is 0 Å². The van der Waals surface area contributed by atoms with Crippen molar-refractivity contribution in [2.75, 3.05) is 0 Å². The normalized spacial score (nSPS) is 13.0. The molecule has 1 atom stereocenters. The average molecular weight is 200 g/mol. The van der Waals surface area contributed by atoms with E-state index in [1.807, 2.05) is 19.1 Å². The molecular formula is C14H16O. The number of rotatable bonds is 2. The lowest BCUT2D eigenvalue weighted by atomic mass is 9.96. The fourth-order valence-electron chi connectivity index (χ4n) is 2.01. The third-order valence-electron chi connectivity index (χ3n) is 2.77. The molecule has 0 aliphatic heterocycles. The van der Waals surface area contributed by atoms with Crippen LogP contribution in [0.5, 0.6) is 0 Å². The Labute approximate surface area is 90.4 Å². The summed E-state index contributed by atoms with van der Waals surface area (Å²) in [5.41, 5.74) is 2.53. The lowest BCUT2D eigenvalue weighted by Gasteiger charge is -2.11. The van der Waals surface area contributed by atoms with E-state index >= 15 is 0 Å². The molecule has 0 aliphatic rings. The molecule has 2 rings (SSSR count). The Hall–Kier alpha value is -1.34. The zero-order valence-corrected chi connectivity index (χ0v) is 9.20. The number of aryl methyl sites for hydroxylation is 1. The highest BCUT2D eigenvalue weighted by molar-refractivity contribution is 5.86. The van der Waals surface area contributed by atoms with E-state index in [0.717, 1.165) is 6.42 Å². The van der Waals surface area contributed by atoms with Gasteiger partial charge in [-0.05, 0) is 42.2 Å². The van der Waals surface area contributed by atoms with Gasteiger partial charge in [0.2, 0.25) is 0 Å². The SMILES string of the molecule is Cc1ccc2ccccc2c1CC(C)O. The zero-order chi connectivity index (χ0) is 10.8. The molecule has 0 heterocycles. The first-order valence-electron chi connectivity index (χ1n) is 5.34. The molecule has 0 amide bonds. The molecule has 1 N–H and O–H groups in total. The van der Waals surface area contributed by atoms with Crippen molar-refractivity contribution >= 4 is 10.8 Å². The van der Waals surface area contributed by atoms with Crippen molar-refractivity contribution < 1.29 is 5.11 Å². The fraction of sp³-hybridized carbons (Fsp3) is 0.286. The third-order valence-corrected chi connectivity index (χ3v) is 2.77. The maximum Gasteiger partial charge on any atom is 0.0552 e. The van der Waals surface area contributed by atoms with Crippen molar-refractivity contribution in [2.45, 2.75) is 26.4 Å². The monoisotopic (exact) mass is 200 g/mol. The van der Waals surface area contributed by atoms with Gasteiger partial charge in [0.05, 0.1) is 6.10 Å². The maximum absolute atomic E-state index is 9.49. The van der Waals surface area contributed by atoms with Gasteiger partial charge in [-0.1, -0.05) is 36.4 Å². The Morgan fingerprint density at radius 1 is 1.13 bits per heavy atom. The summed E-state index contributed by atoms with van der Waals surface area (Å²) in [5, 5.41) is 12.0. The molecule has 1 unspecified atom stereocenters. The molecule has 2 aromatic carbocycles. The second kappa shape index (κ2) is 4.03. The molecule has 0 bridgehead atoms. The van der Waals surface area contributed by atoms with Gasteiger partial charge in [-0.3, -0.25) is 0 Å². The van der Waals surface area contributed by atoms with Gasteiger partial charge in [0, 0.05) is 0 Å². The molecule has 1 heteroatoms. The molecule has 0 aromatic heterocycles. The van der Waals surface area contributed by atoms with E-state index in [9.17, 15) is 5.11 Å². The summed E-state index contributed by atoms with van der Waals surface area (Å²) in [7, 11) is 0. The summed E-state index contributed by atoms with van der Waals surface area (Å²) in [6.07, 6.45) is 0.446. The maximum atomic E-state index is 9.49. The van der Waals surface area contributed by atoms with E-state index < -0.39 is 0 Å². The summed E-state index contributed by atoms with van der Waals surface area (Å²) in [6, 6.07) is 12.6. The minimum Gasteiger partial charge on any atom is -0.393 e. The number of aliphatic hydroxyl groups excluding tert-OH is 1. The lowest BCUT2D eigenvalue weighted by molar-refractivity contribution is 0.195. The summed E-state index contributed by atoms with van der Waals surface area (Å²) < 4.78 is 0. The van der Waals surface area contributed by atoms with Crippen LogP contribution in [0.2, 0.25) is 0 Å². The summed E-state index contributed by atoms with van der Waals surface area (Å²) in [4.78, 5) is 0. The smallest absolute Gasteiger partial charge is 0.0552 e. The predicted molar refractivity (Wildman–Crippen MR) is 64.1 cm³/mol. The van der Waals surface area contributed by atoms with Crippen LogP contribution in [-0.2, 0) is 6.42 Å². The van der Waals surface area contributed by atoms with Crippen LogP contribution in [0.4, 0.5) is 0 Å². The van der Waals surface area contributed by atoms with Crippen LogP contribution in [0.25, 0.3) is 10.8 Å². The van der Waals surface area contributed by atoms with Gasteiger partial charge in [-0.25, -0.2) is 0 Å². The first kappa shape index (κ1) is 10.2. The zero-order valence-electron chi connectivity index (χ0n) is 9.20. The Kier molecular flexibility index (Phi) is 2.74. The lowest BCUT2D eigenvalue weighted by Crippen LogP contribution is -2.06. The van der Waals surface area contributed by atoms with Gasteiger partial charge in [0.1, 0.15) is 0 Å². The van der Waals surface area contributed by atoms with Gasteiger partial charge in [-0.2, -0.15) is 0 Å². The first-order chi connectivity index (χ1) is 7.18. The Bertz CT molecular complexity index is 472. The van der Waals surface area contributed by atoms with E-state index in [2.05, 4.69) is 31.2 Å². The second-order valence-corrected chi connectivity index (χ2v) is 4.14. The number of hydrogen-bond donors (Lipinski definition) is 1.